The molecule has 1 N–H and O–H groups in total. The summed E-state index contributed by atoms with van der Waals surface area (Å²) in [5, 5.41) is 8.58. The van der Waals surface area contributed by atoms with Crippen LogP contribution in [0.4, 0.5) is 0 Å². The van der Waals surface area contributed by atoms with Crippen LogP contribution in [0.3, 0.4) is 0 Å². The van der Waals surface area contributed by atoms with Crippen LogP contribution in [0.15, 0.2) is 6.20 Å². The van der Waals surface area contributed by atoms with Gasteiger partial charge in [0.2, 0.25) is 0 Å². The van der Waals surface area contributed by atoms with Crippen LogP contribution in [0.5, 0.6) is 0 Å². The summed E-state index contributed by atoms with van der Waals surface area (Å²) >= 11 is 6.00. The van der Waals surface area contributed by atoms with Crippen molar-refractivity contribution in [3.63, 3.8) is 0 Å². The van der Waals surface area contributed by atoms with Crippen molar-refractivity contribution in [2.24, 2.45) is 7.05 Å². The number of nitrogens with one attached hydrogen (secondary N) is 1. The summed E-state index contributed by atoms with van der Waals surface area (Å²) in [5.74, 6) is 0.908. The second-order valence-corrected chi connectivity index (χ2v) is 5.03. The molecule has 0 unspecified atom stereocenters. The molecule has 0 saturated carbocycles. The molecular formula is C13H20ClN5. The van der Waals surface area contributed by atoms with E-state index in [1.54, 1.807) is 6.20 Å². The third kappa shape index (κ3) is 2.82. The molecule has 0 fully saturated rings. The molecule has 2 aromatic rings. The molecule has 0 radical (unpaired) electrons. The minimum Gasteiger partial charge on any atom is -0.321 e. The Hall–Kier alpha value is -1.33. The van der Waals surface area contributed by atoms with Crippen molar-refractivity contribution in [3.8, 4) is 0 Å². The Morgan fingerprint density at radius 1 is 1.37 bits per heavy atom. The highest BCUT2D eigenvalue weighted by Gasteiger charge is 2.13. The van der Waals surface area contributed by atoms with Crippen LogP contribution in [-0.4, -0.2) is 25.9 Å². The average Bonchev–Trinajstić information content (AvgIpc) is 2.83. The summed E-state index contributed by atoms with van der Waals surface area (Å²) < 4.78 is 3.86. The molecule has 2 aromatic heterocycles. The van der Waals surface area contributed by atoms with Gasteiger partial charge < -0.3 is 9.88 Å². The van der Waals surface area contributed by atoms with E-state index in [0.29, 0.717) is 11.7 Å². The molecule has 0 aliphatic rings. The second kappa shape index (κ2) is 5.75. The number of hydrogen-bond donors (Lipinski definition) is 1. The van der Waals surface area contributed by atoms with Crippen molar-refractivity contribution in [2.75, 3.05) is 6.54 Å². The first-order valence-electron chi connectivity index (χ1n) is 6.44. The highest BCUT2D eigenvalue weighted by molar-refractivity contribution is 6.29. The molecule has 0 aliphatic carbocycles. The standard InChI is InChI=1S/C13H20ClN5/c1-5-15-6-11-9(2)17-19(10(11)3)8-13-16-7-12(14)18(13)4/h7,15H,5-6,8H2,1-4H3. The number of nitrogens with zero attached hydrogens (tertiary/aromatic N) is 4. The zero-order valence-corrected chi connectivity index (χ0v) is 12.6. The van der Waals surface area contributed by atoms with Crippen LogP contribution >= 0.6 is 11.6 Å². The fraction of sp³-hybridized carbons (Fsp3) is 0.538. The van der Waals surface area contributed by atoms with Crippen molar-refractivity contribution < 1.29 is 0 Å². The van der Waals surface area contributed by atoms with E-state index in [-0.39, 0.29) is 0 Å². The molecular weight excluding hydrogens is 262 g/mol. The van der Waals surface area contributed by atoms with Crippen LogP contribution < -0.4 is 5.32 Å². The van der Waals surface area contributed by atoms with Gasteiger partial charge in [0.15, 0.2) is 0 Å². The monoisotopic (exact) mass is 281 g/mol. The summed E-state index contributed by atoms with van der Waals surface area (Å²) in [4.78, 5) is 4.31. The van der Waals surface area contributed by atoms with E-state index in [0.717, 1.165) is 24.6 Å². The summed E-state index contributed by atoms with van der Waals surface area (Å²) in [6.45, 7) is 8.69. The number of aromatic nitrogens is 4. The fourth-order valence-corrected chi connectivity index (χ4v) is 2.25. The molecule has 0 bridgehead atoms. The van der Waals surface area contributed by atoms with E-state index in [9.17, 15) is 0 Å². The lowest BCUT2D eigenvalue weighted by atomic mass is 10.2. The molecule has 0 atom stereocenters. The maximum Gasteiger partial charge on any atom is 0.131 e. The average molecular weight is 282 g/mol. The normalized spacial score (nSPS) is 11.2. The van der Waals surface area contributed by atoms with Crippen molar-refractivity contribution >= 4 is 11.6 Å². The maximum absolute atomic E-state index is 6.00. The van der Waals surface area contributed by atoms with Crippen molar-refractivity contribution in [3.05, 3.63) is 34.1 Å². The van der Waals surface area contributed by atoms with Crippen LogP contribution in [0.25, 0.3) is 0 Å². The first kappa shape index (κ1) is 14.1. The lowest BCUT2D eigenvalue weighted by Gasteiger charge is -2.06. The minimum atomic E-state index is 0.641. The Morgan fingerprint density at radius 3 is 2.68 bits per heavy atom. The van der Waals surface area contributed by atoms with E-state index in [4.69, 9.17) is 11.6 Å². The summed E-state index contributed by atoms with van der Waals surface area (Å²) in [7, 11) is 1.91. The quantitative estimate of drug-likeness (QED) is 0.912. The first-order chi connectivity index (χ1) is 9.04. The predicted octanol–water partition coefficient (Wildman–Crippen LogP) is 2.04. The number of aryl methyl sites for hydroxylation is 1. The SMILES string of the molecule is CCNCc1c(C)nn(Cc2ncc(Cl)n2C)c1C. The topological polar surface area (TPSA) is 47.7 Å². The van der Waals surface area contributed by atoms with Gasteiger partial charge in [-0.15, -0.1) is 0 Å². The van der Waals surface area contributed by atoms with E-state index in [1.807, 2.05) is 23.2 Å². The van der Waals surface area contributed by atoms with Gasteiger partial charge >= 0.3 is 0 Å². The number of imidazole rings is 1. The van der Waals surface area contributed by atoms with Crippen LogP contribution in [0, 0.1) is 13.8 Å². The molecule has 2 heterocycles. The zero-order chi connectivity index (χ0) is 14.0. The van der Waals surface area contributed by atoms with Gasteiger partial charge in [-0.05, 0) is 20.4 Å². The van der Waals surface area contributed by atoms with Gasteiger partial charge in [0.1, 0.15) is 11.0 Å². The van der Waals surface area contributed by atoms with Gasteiger partial charge in [-0.1, -0.05) is 18.5 Å². The van der Waals surface area contributed by atoms with Crippen molar-refractivity contribution in [1.82, 2.24) is 24.6 Å². The maximum atomic E-state index is 6.00. The van der Waals surface area contributed by atoms with E-state index >= 15 is 0 Å². The molecule has 6 heteroatoms. The summed E-state index contributed by atoms with van der Waals surface area (Å²) in [6.07, 6.45) is 1.67. The van der Waals surface area contributed by atoms with Gasteiger partial charge in [0.05, 0.1) is 18.4 Å². The molecule has 0 saturated heterocycles. The molecule has 0 aliphatic heterocycles. The molecule has 104 valence electrons. The second-order valence-electron chi connectivity index (χ2n) is 4.64. The number of rotatable bonds is 5. The van der Waals surface area contributed by atoms with E-state index in [1.165, 1.54) is 11.3 Å². The largest absolute Gasteiger partial charge is 0.321 e. The molecule has 2 rings (SSSR count). The van der Waals surface area contributed by atoms with E-state index < -0.39 is 0 Å². The van der Waals surface area contributed by atoms with Gasteiger partial charge in [0.25, 0.3) is 0 Å². The Kier molecular flexibility index (Phi) is 4.27. The van der Waals surface area contributed by atoms with Gasteiger partial charge in [0, 0.05) is 24.8 Å². The third-order valence-corrected chi connectivity index (χ3v) is 3.75. The Bertz CT molecular complexity index is 570. The van der Waals surface area contributed by atoms with Crippen LogP contribution in [-0.2, 0) is 20.1 Å². The molecule has 0 spiro atoms. The van der Waals surface area contributed by atoms with Crippen molar-refractivity contribution in [2.45, 2.75) is 33.9 Å². The third-order valence-electron chi connectivity index (χ3n) is 3.40. The smallest absolute Gasteiger partial charge is 0.131 e. The fourth-order valence-electron chi connectivity index (χ4n) is 2.10. The highest BCUT2D eigenvalue weighted by atomic mass is 35.5. The lowest BCUT2D eigenvalue weighted by Crippen LogP contribution is -2.13. The van der Waals surface area contributed by atoms with Crippen LogP contribution in [0.1, 0.15) is 29.7 Å². The molecule has 5 nitrogen and oxygen atoms in total. The van der Waals surface area contributed by atoms with E-state index in [2.05, 4.69) is 29.2 Å². The van der Waals surface area contributed by atoms with Gasteiger partial charge in [-0.2, -0.15) is 5.10 Å². The number of hydrogen-bond acceptors (Lipinski definition) is 3. The molecule has 19 heavy (non-hydrogen) atoms. The Balaban J connectivity index is 2.24. The molecule has 0 amide bonds. The van der Waals surface area contributed by atoms with Gasteiger partial charge in [-0.25, -0.2) is 4.98 Å². The highest BCUT2D eigenvalue weighted by Crippen LogP contribution is 2.15. The first-order valence-corrected chi connectivity index (χ1v) is 6.82. The lowest BCUT2D eigenvalue weighted by molar-refractivity contribution is 0.610. The Labute approximate surface area is 118 Å². The minimum absolute atomic E-state index is 0.641. The summed E-state index contributed by atoms with van der Waals surface area (Å²) in [6, 6.07) is 0. The van der Waals surface area contributed by atoms with Crippen molar-refractivity contribution in [1.29, 1.82) is 0 Å². The predicted molar refractivity (Wildman–Crippen MR) is 76.4 cm³/mol. The Morgan fingerprint density at radius 2 is 2.11 bits per heavy atom. The molecule has 0 aromatic carbocycles. The number of halogens is 1. The zero-order valence-electron chi connectivity index (χ0n) is 11.9. The van der Waals surface area contributed by atoms with Crippen LogP contribution in [0.2, 0.25) is 5.15 Å². The summed E-state index contributed by atoms with van der Waals surface area (Å²) in [5.41, 5.74) is 3.51. The van der Waals surface area contributed by atoms with Gasteiger partial charge in [-0.3, -0.25) is 4.68 Å².